The number of para-hydroxylation sites is 1. The summed E-state index contributed by atoms with van der Waals surface area (Å²) in [6, 6.07) is 8.87. The molecular formula is C16H24N4O3. The number of ether oxygens (including phenoxy) is 1. The van der Waals surface area contributed by atoms with Crippen molar-refractivity contribution < 1.29 is 14.3 Å². The Labute approximate surface area is 136 Å². The number of nitrogens with one attached hydrogen (secondary N) is 3. The van der Waals surface area contributed by atoms with E-state index in [1.54, 1.807) is 12.1 Å². The molecule has 0 saturated carbocycles. The van der Waals surface area contributed by atoms with Crippen molar-refractivity contribution in [3.05, 3.63) is 30.3 Å². The van der Waals surface area contributed by atoms with Crippen LogP contribution in [0, 0.1) is 0 Å². The quantitative estimate of drug-likeness (QED) is 0.689. The lowest BCUT2D eigenvalue weighted by Crippen LogP contribution is -2.41. The zero-order valence-corrected chi connectivity index (χ0v) is 13.2. The first kappa shape index (κ1) is 17.2. The Morgan fingerprint density at radius 1 is 1.04 bits per heavy atom. The molecule has 3 N–H and O–H groups in total. The van der Waals surface area contributed by atoms with E-state index in [1.807, 2.05) is 18.2 Å². The molecule has 3 amide bonds. The van der Waals surface area contributed by atoms with E-state index in [1.165, 1.54) is 0 Å². The molecule has 1 aliphatic heterocycles. The van der Waals surface area contributed by atoms with E-state index in [-0.39, 0.29) is 18.4 Å². The third-order valence-corrected chi connectivity index (χ3v) is 3.52. The van der Waals surface area contributed by atoms with Crippen LogP contribution in [0.5, 0.6) is 0 Å². The monoisotopic (exact) mass is 320 g/mol. The highest BCUT2D eigenvalue weighted by Gasteiger charge is 2.10. The summed E-state index contributed by atoms with van der Waals surface area (Å²) in [5.74, 6) is -0.0572. The molecule has 0 spiro atoms. The highest BCUT2D eigenvalue weighted by Crippen LogP contribution is 2.03. The van der Waals surface area contributed by atoms with Crippen LogP contribution in [0.1, 0.15) is 6.42 Å². The second kappa shape index (κ2) is 9.81. The Morgan fingerprint density at radius 2 is 1.78 bits per heavy atom. The van der Waals surface area contributed by atoms with Crippen LogP contribution >= 0.6 is 0 Å². The van der Waals surface area contributed by atoms with Crippen molar-refractivity contribution in [2.45, 2.75) is 6.42 Å². The van der Waals surface area contributed by atoms with E-state index >= 15 is 0 Å². The second-order valence-corrected chi connectivity index (χ2v) is 5.30. The normalized spacial score (nSPS) is 15.0. The fourth-order valence-electron chi connectivity index (χ4n) is 2.25. The summed E-state index contributed by atoms with van der Waals surface area (Å²) in [4.78, 5) is 25.6. The van der Waals surface area contributed by atoms with Gasteiger partial charge in [0.2, 0.25) is 5.91 Å². The predicted molar refractivity (Wildman–Crippen MR) is 88.3 cm³/mol. The number of hydrogen-bond acceptors (Lipinski definition) is 4. The zero-order chi connectivity index (χ0) is 16.3. The van der Waals surface area contributed by atoms with Gasteiger partial charge in [0, 0.05) is 44.8 Å². The van der Waals surface area contributed by atoms with Crippen molar-refractivity contribution in [2.24, 2.45) is 0 Å². The van der Waals surface area contributed by atoms with E-state index < -0.39 is 0 Å². The first-order valence-electron chi connectivity index (χ1n) is 7.91. The number of carbonyl (C=O) groups is 2. The van der Waals surface area contributed by atoms with Crippen LogP contribution in [0.3, 0.4) is 0 Å². The summed E-state index contributed by atoms with van der Waals surface area (Å²) in [7, 11) is 0. The van der Waals surface area contributed by atoms with Crippen LogP contribution in [-0.2, 0) is 9.53 Å². The topological polar surface area (TPSA) is 82.7 Å². The van der Waals surface area contributed by atoms with Crippen molar-refractivity contribution in [2.75, 3.05) is 51.3 Å². The minimum atomic E-state index is -0.308. The summed E-state index contributed by atoms with van der Waals surface area (Å²) in [6.07, 6.45) is 0.269. The van der Waals surface area contributed by atoms with Crippen LogP contribution in [0.25, 0.3) is 0 Å². The molecule has 1 aliphatic rings. The van der Waals surface area contributed by atoms with Gasteiger partial charge in [-0.05, 0) is 12.1 Å². The molecule has 0 unspecified atom stereocenters. The first-order chi connectivity index (χ1) is 11.2. The number of benzene rings is 1. The van der Waals surface area contributed by atoms with Gasteiger partial charge in [-0.3, -0.25) is 9.69 Å². The van der Waals surface area contributed by atoms with E-state index in [2.05, 4.69) is 20.9 Å². The average Bonchev–Trinajstić information content (AvgIpc) is 2.57. The highest BCUT2D eigenvalue weighted by molar-refractivity contribution is 5.89. The van der Waals surface area contributed by atoms with Crippen molar-refractivity contribution >= 4 is 17.6 Å². The van der Waals surface area contributed by atoms with Crippen molar-refractivity contribution in [1.82, 2.24) is 15.5 Å². The summed E-state index contributed by atoms with van der Waals surface area (Å²) in [5.41, 5.74) is 0.722. The Hall–Kier alpha value is -2.12. The number of rotatable bonds is 7. The van der Waals surface area contributed by atoms with E-state index in [9.17, 15) is 9.59 Å². The van der Waals surface area contributed by atoms with Crippen molar-refractivity contribution in [1.29, 1.82) is 0 Å². The Morgan fingerprint density at radius 3 is 2.52 bits per heavy atom. The molecule has 1 saturated heterocycles. The molecule has 1 heterocycles. The van der Waals surface area contributed by atoms with Crippen molar-refractivity contribution in [3.8, 4) is 0 Å². The van der Waals surface area contributed by atoms with Gasteiger partial charge in [-0.15, -0.1) is 0 Å². The molecule has 2 rings (SSSR count). The SMILES string of the molecule is O=C(CCNC(=O)Nc1ccccc1)NCCN1CCOCC1. The third kappa shape index (κ3) is 7.12. The fourth-order valence-corrected chi connectivity index (χ4v) is 2.25. The molecule has 0 bridgehead atoms. The lowest BCUT2D eigenvalue weighted by atomic mass is 10.3. The number of hydrogen-bond donors (Lipinski definition) is 3. The Balaban J connectivity index is 1.51. The maximum absolute atomic E-state index is 11.7. The second-order valence-electron chi connectivity index (χ2n) is 5.30. The van der Waals surface area contributed by atoms with Gasteiger partial charge in [0.05, 0.1) is 13.2 Å². The maximum atomic E-state index is 11.7. The molecule has 1 aromatic carbocycles. The molecule has 1 aromatic rings. The van der Waals surface area contributed by atoms with E-state index in [4.69, 9.17) is 4.74 Å². The lowest BCUT2D eigenvalue weighted by Gasteiger charge is -2.26. The Bertz CT molecular complexity index is 489. The standard InChI is InChI=1S/C16H24N4O3/c21-15(17-8-9-20-10-12-23-13-11-20)6-7-18-16(22)19-14-4-2-1-3-5-14/h1-5H,6-13H2,(H,17,21)(H2,18,19,22). The molecule has 0 atom stereocenters. The summed E-state index contributed by atoms with van der Waals surface area (Å²) in [5, 5.41) is 8.23. The molecule has 7 heteroatoms. The first-order valence-corrected chi connectivity index (χ1v) is 7.91. The van der Waals surface area contributed by atoms with Gasteiger partial charge in [0.1, 0.15) is 0 Å². The lowest BCUT2D eigenvalue weighted by molar-refractivity contribution is -0.121. The van der Waals surface area contributed by atoms with Crippen LogP contribution in [-0.4, -0.2) is 62.8 Å². The molecule has 0 aliphatic carbocycles. The number of urea groups is 1. The number of nitrogens with zero attached hydrogens (tertiary/aromatic N) is 1. The molecule has 7 nitrogen and oxygen atoms in total. The molecular weight excluding hydrogens is 296 g/mol. The molecule has 126 valence electrons. The number of carbonyl (C=O) groups excluding carboxylic acids is 2. The number of anilines is 1. The number of morpholine rings is 1. The van der Waals surface area contributed by atoms with Crippen molar-refractivity contribution in [3.63, 3.8) is 0 Å². The fraction of sp³-hybridized carbons (Fsp3) is 0.500. The van der Waals surface area contributed by atoms with Gasteiger partial charge in [-0.25, -0.2) is 4.79 Å². The molecule has 1 fully saturated rings. The van der Waals surface area contributed by atoms with E-state index in [0.29, 0.717) is 13.1 Å². The average molecular weight is 320 g/mol. The van der Waals surface area contributed by atoms with Gasteiger partial charge < -0.3 is 20.7 Å². The largest absolute Gasteiger partial charge is 0.379 e. The van der Waals surface area contributed by atoms with Crippen LogP contribution < -0.4 is 16.0 Å². The smallest absolute Gasteiger partial charge is 0.319 e. The van der Waals surface area contributed by atoms with Crippen LogP contribution in [0.2, 0.25) is 0 Å². The summed E-state index contributed by atoms with van der Waals surface area (Å²) >= 11 is 0. The maximum Gasteiger partial charge on any atom is 0.319 e. The van der Waals surface area contributed by atoms with Gasteiger partial charge in [-0.2, -0.15) is 0 Å². The van der Waals surface area contributed by atoms with Gasteiger partial charge in [-0.1, -0.05) is 18.2 Å². The minimum Gasteiger partial charge on any atom is -0.379 e. The van der Waals surface area contributed by atoms with E-state index in [0.717, 1.165) is 38.5 Å². The zero-order valence-electron chi connectivity index (χ0n) is 13.2. The molecule has 23 heavy (non-hydrogen) atoms. The predicted octanol–water partition coefficient (Wildman–Crippen LogP) is 0.647. The summed E-state index contributed by atoms with van der Waals surface area (Å²) < 4.78 is 5.27. The third-order valence-electron chi connectivity index (χ3n) is 3.52. The Kier molecular flexibility index (Phi) is 7.35. The van der Waals surface area contributed by atoms with Gasteiger partial charge >= 0.3 is 6.03 Å². The molecule has 0 radical (unpaired) electrons. The summed E-state index contributed by atoms with van der Waals surface area (Å²) in [6.45, 7) is 5.10. The minimum absolute atomic E-state index is 0.0572. The molecule has 0 aromatic heterocycles. The van der Waals surface area contributed by atoms with Gasteiger partial charge in [0.15, 0.2) is 0 Å². The highest BCUT2D eigenvalue weighted by atomic mass is 16.5. The van der Waals surface area contributed by atoms with Crippen LogP contribution in [0.15, 0.2) is 30.3 Å². The number of amides is 3. The van der Waals surface area contributed by atoms with Crippen LogP contribution in [0.4, 0.5) is 10.5 Å². The van der Waals surface area contributed by atoms with Gasteiger partial charge in [0.25, 0.3) is 0 Å².